The Hall–Kier alpha value is -4.72. The van der Waals surface area contributed by atoms with E-state index in [-0.39, 0.29) is 5.75 Å². The number of carbonyl (C=O) groups is 1. The summed E-state index contributed by atoms with van der Waals surface area (Å²) >= 11 is 0. The number of hydrogen-bond acceptors (Lipinski definition) is 8. The fourth-order valence-corrected chi connectivity index (χ4v) is 3.34. The largest absolute Gasteiger partial charge is 0.513 e. The number of aromatic nitrogens is 3. The maximum absolute atomic E-state index is 12.0. The number of nitrogens with zero attached hydrogens (tertiary/aromatic N) is 3. The number of methoxy groups -OCH3 is 1. The molecule has 0 amide bonds. The molecule has 4 rings (SSSR count). The van der Waals surface area contributed by atoms with Gasteiger partial charge >= 0.3 is 6.16 Å². The van der Waals surface area contributed by atoms with Gasteiger partial charge in [-0.2, -0.15) is 0 Å². The fraction of sp³-hybridized carbons (Fsp3) is 0.143. The van der Waals surface area contributed by atoms with Crippen LogP contribution in [0.5, 0.6) is 11.5 Å². The van der Waals surface area contributed by atoms with Gasteiger partial charge < -0.3 is 18.9 Å². The zero-order chi connectivity index (χ0) is 25.2. The molecule has 36 heavy (non-hydrogen) atoms. The molecule has 0 atom stereocenters. The van der Waals surface area contributed by atoms with Gasteiger partial charge in [-0.25, -0.2) is 19.7 Å². The second-order valence-corrected chi connectivity index (χ2v) is 7.49. The highest BCUT2D eigenvalue weighted by atomic mass is 16.7. The van der Waals surface area contributed by atoms with Gasteiger partial charge in [-0.3, -0.25) is 0 Å². The van der Waals surface area contributed by atoms with E-state index in [2.05, 4.69) is 6.58 Å². The average Bonchev–Trinajstić information content (AvgIpc) is 2.93. The molecule has 1 heterocycles. The summed E-state index contributed by atoms with van der Waals surface area (Å²) in [4.78, 5) is 26.1. The summed E-state index contributed by atoms with van der Waals surface area (Å²) in [6, 6.07) is 24.3. The minimum absolute atomic E-state index is 0.200. The third-order valence-electron chi connectivity index (χ3n) is 5.05. The van der Waals surface area contributed by atoms with Gasteiger partial charge in [0, 0.05) is 23.6 Å². The molecule has 8 nitrogen and oxygen atoms in total. The van der Waals surface area contributed by atoms with Gasteiger partial charge in [0.25, 0.3) is 0 Å². The quantitative estimate of drug-likeness (QED) is 0.118. The van der Waals surface area contributed by atoms with Gasteiger partial charge in [0.15, 0.2) is 17.5 Å². The molecule has 3 aromatic carbocycles. The molecule has 0 radical (unpaired) electrons. The molecular weight excluding hydrogens is 458 g/mol. The van der Waals surface area contributed by atoms with Crippen LogP contribution in [0, 0.1) is 0 Å². The van der Waals surface area contributed by atoms with E-state index < -0.39 is 6.16 Å². The number of rotatable bonds is 10. The van der Waals surface area contributed by atoms with E-state index in [4.69, 9.17) is 33.9 Å². The summed E-state index contributed by atoms with van der Waals surface area (Å²) in [5.74, 6) is 2.03. The number of benzene rings is 3. The van der Waals surface area contributed by atoms with Crippen LogP contribution >= 0.6 is 0 Å². The molecular formula is C28H25N3O5. The van der Waals surface area contributed by atoms with Crippen molar-refractivity contribution in [3.63, 3.8) is 0 Å². The summed E-state index contributed by atoms with van der Waals surface area (Å²) < 4.78 is 21.1. The Labute approximate surface area is 209 Å². The van der Waals surface area contributed by atoms with E-state index in [1.54, 1.807) is 18.2 Å². The van der Waals surface area contributed by atoms with Crippen LogP contribution in [0.1, 0.15) is 6.42 Å². The number of hydrogen-bond donors (Lipinski definition) is 0. The van der Waals surface area contributed by atoms with Gasteiger partial charge in [-0.1, -0.05) is 67.2 Å². The lowest BCUT2D eigenvalue weighted by Crippen LogP contribution is -2.09. The Morgan fingerprint density at radius 2 is 1.44 bits per heavy atom. The van der Waals surface area contributed by atoms with Crippen molar-refractivity contribution in [1.29, 1.82) is 0 Å². The van der Waals surface area contributed by atoms with E-state index in [0.717, 1.165) is 11.1 Å². The summed E-state index contributed by atoms with van der Waals surface area (Å²) in [5, 5.41) is 0. The van der Waals surface area contributed by atoms with Crippen molar-refractivity contribution in [2.45, 2.75) is 6.42 Å². The molecule has 4 aromatic rings. The zero-order valence-electron chi connectivity index (χ0n) is 19.8. The third-order valence-corrected chi connectivity index (χ3v) is 5.05. The Bertz CT molecular complexity index is 1260. The minimum Gasteiger partial charge on any atom is -0.502 e. The second-order valence-electron chi connectivity index (χ2n) is 7.49. The van der Waals surface area contributed by atoms with Crippen molar-refractivity contribution in [3.8, 4) is 45.7 Å². The Morgan fingerprint density at radius 3 is 2.03 bits per heavy atom. The number of carbonyl (C=O) groups excluding carboxylic acids is 1. The monoisotopic (exact) mass is 483 g/mol. The van der Waals surface area contributed by atoms with Gasteiger partial charge in [-0.15, -0.1) is 0 Å². The molecule has 182 valence electrons. The van der Waals surface area contributed by atoms with Gasteiger partial charge in [0.1, 0.15) is 11.5 Å². The normalized spacial score (nSPS) is 10.4. The van der Waals surface area contributed by atoms with Gasteiger partial charge in [0.05, 0.1) is 32.1 Å². The second kappa shape index (κ2) is 12.1. The standard InChI is InChI=1S/C28H25N3O5/c1-3-34-17-10-18-35-22-15-16-23(24(19-22)36-28(32)33-2)27-30-25(20-11-6-4-7-12-20)29-26(31-27)21-13-8-5-9-14-21/h3-9,11-16,19H,1,10,17-18H2,2H3. The van der Waals surface area contributed by atoms with Crippen LogP contribution in [0.2, 0.25) is 0 Å². The van der Waals surface area contributed by atoms with Crippen molar-refractivity contribution >= 4 is 6.16 Å². The average molecular weight is 484 g/mol. The Morgan fingerprint density at radius 1 is 0.833 bits per heavy atom. The van der Waals surface area contributed by atoms with Crippen LogP contribution in [-0.2, 0) is 9.47 Å². The van der Waals surface area contributed by atoms with Crippen LogP contribution in [0.15, 0.2) is 91.7 Å². The molecule has 8 heteroatoms. The maximum atomic E-state index is 12.0. The summed E-state index contributed by atoms with van der Waals surface area (Å²) in [6.45, 7) is 4.41. The van der Waals surface area contributed by atoms with E-state index in [0.29, 0.717) is 48.4 Å². The lowest BCUT2D eigenvalue weighted by molar-refractivity contribution is 0.121. The van der Waals surface area contributed by atoms with Crippen LogP contribution in [-0.4, -0.2) is 41.4 Å². The highest BCUT2D eigenvalue weighted by Crippen LogP contribution is 2.34. The molecule has 1 aromatic heterocycles. The van der Waals surface area contributed by atoms with Crippen molar-refractivity contribution < 1.29 is 23.7 Å². The summed E-state index contributed by atoms with van der Waals surface area (Å²) in [7, 11) is 1.24. The van der Waals surface area contributed by atoms with E-state index in [1.165, 1.54) is 13.4 Å². The van der Waals surface area contributed by atoms with E-state index in [1.807, 2.05) is 60.7 Å². The minimum atomic E-state index is -0.867. The van der Waals surface area contributed by atoms with Crippen LogP contribution in [0.3, 0.4) is 0 Å². The molecule has 0 aliphatic rings. The number of ether oxygens (including phenoxy) is 4. The third kappa shape index (κ3) is 6.24. The summed E-state index contributed by atoms with van der Waals surface area (Å²) in [6.07, 6.45) is 1.18. The molecule has 0 N–H and O–H groups in total. The molecule has 0 fully saturated rings. The zero-order valence-corrected chi connectivity index (χ0v) is 19.8. The highest BCUT2D eigenvalue weighted by molar-refractivity contribution is 5.74. The topological polar surface area (TPSA) is 92.7 Å². The summed E-state index contributed by atoms with van der Waals surface area (Å²) in [5.41, 5.74) is 2.14. The molecule has 0 saturated carbocycles. The first-order chi connectivity index (χ1) is 17.7. The molecule has 0 aliphatic heterocycles. The SMILES string of the molecule is C=COCCCOc1ccc(-c2nc(-c3ccccc3)nc(-c3ccccc3)n2)c(OC(=O)OC)c1. The highest BCUT2D eigenvalue weighted by Gasteiger charge is 2.18. The fourth-order valence-electron chi connectivity index (χ4n) is 3.34. The maximum Gasteiger partial charge on any atom is 0.513 e. The lowest BCUT2D eigenvalue weighted by atomic mass is 10.1. The molecule has 0 unspecified atom stereocenters. The Kier molecular flexibility index (Phi) is 8.22. The first-order valence-electron chi connectivity index (χ1n) is 11.3. The molecule has 0 aliphatic carbocycles. The van der Waals surface area contributed by atoms with Gasteiger partial charge in [0.2, 0.25) is 0 Å². The smallest absolute Gasteiger partial charge is 0.502 e. The van der Waals surface area contributed by atoms with Crippen LogP contribution in [0.25, 0.3) is 34.2 Å². The van der Waals surface area contributed by atoms with Crippen molar-refractivity contribution in [3.05, 3.63) is 91.7 Å². The lowest BCUT2D eigenvalue weighted by Gasteiger charge is -2.13. The first-order valence-corrected chi connectivity index (χ1v) is 11.3. The molecule has 0 saturated heterocycles. The molecule has 0 bridgehead atoms. The van der Waals surface area contributed by atoms with E-state index >= 15 is 0 Å². The van der Waals surface area contributed by atoms with Crippen molar-refractivity contribution in [2.24, 2.45) is 0 Å². The van der Waals surface area contributed by atoms with E-state index in [9.17, 15) is 4.79 Å². The van der Waals surface area contributed by atoms with Crippen LogP contribution < -0.4 is 9.47 Å². The van der Waals surface area contributed by atoms with Crippen LogP contribution in [0.4, 0.5) is 4.79 Å². The Balaban J connectivity index is 1.76. The predicted molar refractivity (Wildman–Crippen MR) is 135 cm³/mol. The van der Waals surface area contributed by atoms with Crippen molar-refractivity contribution in [2.75, 3.05) is 20.3 Å². The first kappa shape index (κ1) is 24.4. The van der Waals surface area contributed by atoms with Crippen molar-refractivity contribution in [1.82, 2.24) is 15.0 Å². The predicted octanol–water partition coefficient (Wildman–Crippen LogP) is 5.95. The molecule has 0 spiro atoms. The van der Waals surface area contributed by atoms with Gasteiger partial charge in [-0.05, 0) is 12.1 Å².